The van der Waals surface area contributed by atoms with Gasteiger partial charge in [0.1, 0.15) is 0 Å². The Morgan fingerprint density at radius 1 is 1.45 bits per heavy atom. The smallest absolute Gasteiger partial charge is 0.0928 e. The zero-order chi connectivity index (χ0) is 14.4. The predicted octanol–water partition coefficient (Wildman–Crippen LogP) is 4.03. The Bertz CT molecular complexity index is 399. The minimum atomic E-state index is -0.198. The Kier molecular flexibility index (Phi) is 6.30. The van der Waals surface area contributed by atoms with Crippen LogP contribution in [0.5, 0.6) is 0 Å². The number of nitrogens with one attached hydrogen (secondary N) is 1. The monoisotopic (exact) mass is 317 g/mol. The molecular formula is C15H24ClNO2S. The van der Waals surface area contributed by atoms with Crippen LogP contribution in [-0.2, 0) is 9.47 Å². The van der Waals surface area contributed by atoms with Crippen molar-refractivity contribution in [2.45, 2.75) is 44.8 Å². The molecule has 3 nitrogen and oxygen atoms in total. The van der Waals surface area contributed by atoms with E-state index < -0.39 is 0 Å². The minimum Gasteiger partial charge on any atom is -0.381 e. The van der Waals surface area contributed by atoms with Gasteiger partial charge in [0.15, 0.2) is 0 Å². The van der Waals surface area contributed by atoms with Gasteiger partial charge in [-0.2, -0.15) is 0 Å². The molecule has 2 rings (SSSR count). The number of rotatable bonds is 7. The van der Waals surface area contributed by atoms with Crippen LogP contribution in [0.1, 0.15) is 44.0 Å². The molecule has 1 saturated heterocycles. The summed E-state index contributed by atoms with van der Waals surface area (Å²) in [6.45, 7) is 7.43. The summed E-state index contributed by atoms with van der Waals surface area (Å²) in [5.74, 6) is 0. The molecule has 0 bridgehead atoms. The summed E-state index contributed by atoms with van der Waals surface area (Å²) in [6, 6.07) is 2.13. The summed E-state index contributed by atoms with van der Waals surface area (Å²) >= 11 is 8.09. The van der Waals surface area contributed by atoms with E-state index in [1.807, 2.05) is 6.07 Å². The standard InChI is InChI=1S/C15H24ClNO2S/c1-3-8-17-14(13-12(16)5-11-20-13)15(19-4-2)6-9-18-10-7-15/h5,11,14,17H,3-4,6-10H2,1-2H3. The fourth-order valence-electron chi connectivity index (χ4n) is 2.84. The van der Waals surface area contributed by atoms with Crippen LogP contribution in [0.25, 0.3) is 0 Å². The molecule has 1 N–H and O–H groups in total. The van der Waals surface area contributed by atoms with Gasteiger partial charge in [-0.25, -0.2) is 0 Å². The van der Waals surface area contributed by atoms with Gasteiger partial charge in [0.25, 0.3) is 0 Å². The molecule has 1 aliphatic heterocycles. The molecule has 1 unspecified atom stereocenters. The van der Waals surface area contributed by atoms with Crippen molar-refractivity contribution in [2.24, 2.45) is 0 Å². The Balaban J connectivity index is 2.29. The predicted molar refractivity (Wildman–Crippen MR) is 84.8 cm³/mol. The van der Waals surface area contributed by atoms with E-state index in [2.05, 4.69) is 24.5 Å². The molecule has 0 amide bonds. The molecule has 0 saturated carbocycles. The van der Waals surface area contributed by atoms with Crippen LogP contribution in [0.2, 0.25) is 5.02 Å². The molecule has 0 aliphatic carbocycles. The molecule has 0 radical (unpaired) electrons. The number of halogens is 1. The third-order valence-corrected chi connectivity index (χ3v) is 5.23. The van der Waals surface area contributed by atoms with Crippen LogP contribution in [-0.4, -0.2) is 32.0 Å². The lowest BCUT2D eigenvalue weighted by atomic mass is 9.84. The van der Waals surface area contributed by atoms with Crippen molar-refractivity contribution in [1.29, 1.82) is 0 Å². The van der Waals surface area contributed by atoms with E-state index in [1.165, 1.54) is 4.88 Å². The first kappa shape index (κ1) is 16.2. The highest BCUT2D eigenvalue weighted by Gasteiger charge is 2.43. The lowest BCUT2D eigenvalue weighted by molar-refractivity contribution is -0.127. The maximum absolute atomic E-state index is 6.38. The Labute approximate surface area is 130 Å². The second-order valence-corrected chi connectivity index (χ2v) is 6.48. The topological polar surface area (TPSA) is 30.5 Å². The van der Waals surface area contributed by atoms with E-state index >= 15 is 0 Å². The Hall–Kier alpha value is -0.130. The molecule has 20 heavy (non-hydrogen) atoms. The number of hydrogen-bond donors (Lipinski definition) is 1. The molecule has 1 aromatic rings. The van der Waals surface area contributed by atoms with Crippen LogP contribution in [0, 0.1) is 0 Å². The van der Waals surface area contributed by atoms with Crippen molar-refractivity contribution >= 4 is 22.9 Å². The molecule has 1 fully saturated rings. The zero-order valence-corrected chi connectivity index (χ0v) is 13.9. The summed E-state index contributed by atoms with van der Waals surface area (Å²) in [6.07, 6.45) is 2.92. The quantitative estimate of drug-likeness (QED) is 0.823. The number of ether oxygens (including phenoxy) is 2. The SMILES string of the molecule is CCCNC(c1sccc1Cl)C1(OCC)CCOCC1. The second kappa shape index (κ2) is 7.76. The van der Waals surface area contributed by atoms with E-state index in [9.17, 15) is 0 Å². The van der Waals surface area contributed by atoms with Gasteiger partial charge in [0.2, 0.25) is 0 Å². The lowest BCUT2D eigenvalue weighted by Crippen LogP contribution is -2.50. The summed E-state index contributed by atoms with van der Waals surface area (Å²) in [4.78, 5) is 1.19. The molecule has 1 aliphatic rings. The molecule has 0 spiro atoms. The highest BCUT2D eigenvalue weighted by molar-refractivity contribution is 7.10. The molecule has 5 heteroatoms. The first-order valence-electron chi connectivity index (χ1n) is 7.41. The van der Waals surface area contributed by atoms with Crippen molar-refractivity contribution in [2.75, 3.05) is 26.4 Å². The van der Waals surface area contributed by atoms with Crippen molar-refractivity contribution in [1.82, 2.24) is 5.32 Å². The zero-order valence-electron chi connectivity index (χ0n) is 12.3. The Morgan fingerprint density at radius 3 is 2.75 bits per heavy atom. The molecule has 1 aromatic heterocycles. The van der Waals surface area contributed by atoms with Crippen molar-refractivity contribution in [3.05, 3.63) is 21.3 Å². The fourth-order valence-corrected chi connectivity index (χ4v) is 4.18. The average molecular weight is 318 g/mol. The summed E-state index contributed by atoms with van der Waals surface area (Å²) < 4.78 is 11.7. The van der Waals surface area contributed by atoms with Gasteiger partial charge in [0.05, 0.1) is 16.7 Å². The number of thiophene rings is 1. The first-order valence-corrected chi connectivity index (χ1v) is 8.67. The van der Waals surface area contributed by atoms with Crippen LogP contribution < -0.4 is 5.32 Å². The van der Waals surface area contributed by atoms with Crippen LogP contribution in [0.3, 0.4) is 0 Å². The lowest BCUT2D eigenvalue weighted by Gasteiger charge is -2.43. The van der Waals surface area contributed by atoms with E-state index in [1.54, 1.807) is 11.3 Å². The Morgan fingerprint density at radius 2 is 2.20 bits per heavy atom. The summed E-state index contributed by atoms with van der Waals surface area (Å²) in [7, 11) is 0. The van der Waals surface area contributed by atoms with Crippen molar-refractivity contribution in [3.8, 4) is 0 Å². The van der Waals surface area contributed by atoms with E-state index in [-0.39, 0.29) is 11.6 Å². The first-order chi connectivity index (χ1) is 9.73. The van der Waals surface area contributed by atoms with Gasteiger partial charge in [-0.05, 0) is 31.3 Å². The summed E-state index contributed by atoms with van der Waals surface area (Å²) in [5, 5.41) is 6.55. The van der Waals surface area contributed by atoms with Crippen LogP contribution in [0.15, 0.2) is 11.4 Å². The van der Waals surface area contributed by atoms with Gasteiger partial charge in [-0.15, -0.1) is 11.3 Å². The number of hydrogen-bond acceptors (Lipinski definition) is 4. The van der Waals surface area contributed by atoms with Crippen LogP contribution >= 0.6 is 22.9 Å². The van der Waals surface area contributed by atoms with E-state index in [0.717, 1.165) is 44.0 Å². The highest BCUT2D eigenvalue weighted by atomic mass is 35.5. The van der Waals surface area contributed by atoms with Gasteiger partial charge >= 0.3 is 0 Å². The average Bonchev–Trinajstić information content (AvgIpc) is 2.87. The third kappa shape index (κ3) is 3.55. The largest absolute Gasteiger partial charge is 0.381 e. The molecule has 1 atom stereocenters. The molecule has 2 heterocycles. The normalized spacial score (nSPS) is 19.9. The molecule has 114 valence electrons. The van der Waals surface area contributed by atoms with Gasteiger partial charge in [-0.1, -0.05) is 18.5 Å². The van der Waals surface area contributed by atoms with Gasteiger partial charge in [0, 0.05) is 37.5 Å². The van der Waals surface area contributed by atoms with Crippen LogP contribution in [0.4, 0.5) is 0 Å². The second-order valence-electron chi connectivity index (χ2n) is 5.13. The maximum Gasteiger partial charge on any atom is 0.0928 e. The van der Waals surface area contributed by atoms with Crippen molar-refractivity contribution in [3.63, 3.8) is 0 Å². The van der Waals surface area contributed by atoms with Gasteiger partial charge in [-0.3, -0.25) is 0 Å². The highest BCUT2D eigenvalue weighted by Crippen LogP contribution is 2.42. The minimum absolute atomic E-state index is 0.152. The van der Waals surface area contributed by atoms with Gasteiger partial charge < -0.3 is 14.8 Å². The molecular weight excluding hydrogens is 294 g/mol. The van der Waals surface area contributed by atoms with Crippen molar-refractivity contribution < 1.29 is 9.47 Å². The summed E-state index contributed by atoms with van der Waals surface area (Å²) in [5.41, 5.74) is -0.198. The third-order valence-electron chi connectivity index (χ3n) is 3.80. The van der Waals surface area contributed by atoms with E-state index in [4.69, 9.17) is 21.1 Å². The fraction of sp³-hybridized carbons (Fsp3) is 0.733. The molecule has 0 aromatic carbocycles. The maximum atomic E-state index is 6.38. The van der Waals surface area contributed by atoms with E-state index in [0.29, 0.717) is 6.61 Å².